The van der Waals surface area contributed by atoms with Crippen LogP contribution in [0, 0.1) is 0 Å². The SMILES string of the molecule is COc1ccsc1C(=O)Nc1ccccc1C(N)=S. The van der Waals surface area contributed by atoms with E-state index in [1.54, 1.807) is 23.6 Å². The summed E-state index contributed by atoms with van der Waals surface area (Å²) in [5.41, 5.74) is 6.86. The van der Waals surface area contributed by atoms with Crippen LogP contribution in [-0.2, 0) is 0 Å². The number of anilines is 1. The van der Waals surface area contributed by atoms with E-state index in [0.29, 0.717) is 21.9 Å². The number of carbonyl (C=O) groups excluding carboxylic acids is 1. The number of para-hydroxylation sites is 1. The average molecular weight is 292 g/mol. The van der Waals surface area contributed by atoms with Crippen LogP contribution < -0.4 is 15.8 Å². The molecule has 0 fully saturated rings. The second-order valence-corrected chi connectivity index (χ2v) is 5.04. The zero-order chi connectivity index (χ0) is 13.8. The van der Waals surface area contributed by atoms with Gasteiger partial charge in [-0.05, 0) is 23.6 Å². The van der Waals surface area contributed by atoms with Crippen molar-refractivity contribution in [2.45, 2.75) is 0 Å². The zero-order valence-corrected chi connectivity index (χ0v) is 11.8. The summed E-state index contributed by atoms with van der Waals surface area (Å²) >= 11 is 6.27. The van der Waals surface area contributed by atoms with Crippen LogP contribution in [0.3, 0.4) is 0 Å². The van der Waals surface area contributed by atoms with Crippen LogP contribution in [0.2, 0.25) is 0 Å². The molecule has 0 bridgehead atoms. The molecular weight excluding hydrogens is 280 g/mol. The Labute approximate surface area is 120 Å². The molecule has 6 heteroatoms. The second kappa shape index (κ2) is 5.81. The molecule has 98 valence electrons. The van der Waals surface area contributed by atoms with E-state index in [0.717, 1.165) is 0 Å². The van der Waals surface area contributed by atoms with Gasteiger partial charge in [0, 0.05) is 5.56 Å². The molecular formula is C13H12N2O2S2. The van der Waals surface area contributed by atoms with Crippen LogP contribution in [0.25, 0.3) is 0 Å². The molecule has 3 N–H and O–H groups in total. The van der Waals surface area contributed by atoms with Gasteiger partial charge in [0.1, 0.15) is 15.6 Å². The zero-order valence-electron chi connectivity index (χ0n) is 10.2. The first-order valence-electron chi connectivity index (χ1n) is 5.45. The summed E-state index contributed by atoms with van der Waals surface area (Å²) in [5.74, 6) is 0.311. The van der Waals surface area contributed by atoms with Crippen molar-refractivity contribution in [2.24, 2.45) is 5.73 Å². The van der Waals surface area contributed by atoms with Crippen LogP contribution in [-0.4, -0.2) is 18.0 Å². The number of ether oxygens (including phenoxy) is 1. The Hall–Kier alpha value is -1.92. The van der Waals surface area contributed by atoms with Crippen molar-refractivity contribution in [3.8, 4) is 5.75 Å². The molecule has 0 saturated carbocycles. The van der Waals surface area contributed by atoms with Crippen LogP contribution >= 0.6 is 23.6 Å². The molecule has 0 aliphatic rings. The number of hydrogen-bond donors (Lipinski definition) is 2. The van der Waals surface area contributed by atoms with E-state index in [1.165, 1.54) is 18.4 Å². The van der Waals surface area contributed by atoms with Crippen LogP contribution in [0.5, 0.6) is 5.75 Å². The Bertz CT molecular complexity index is 623. The van der Waals surface area contributed by atoms with Gasteiger partial charge < -0.3 is 15.8 Å². The molecule has 0 saturated heterocycles. The predicted octanol–water partition coefficient (Wildman–Crippen LogP) is 2.64. The summed E-state index contributed by atoms with van der Waals surface area (Å²) in [6.45, 7) is 0. The van der Waals surface area contributed by atoms with Gasteiger partial charge in [-0.15, -0.1) is 11.3 Å². The third kappa shape index (κ3) is 2.91. The smallest absolute Gasteiger partial charge is 0.269 e. The first kappa shape index (κ1) is 13.5. The number of nitrogens with two attached hydrogens (primary N) is 1. The Morgan fingerprint density at radius 2 is 2.11 bits per heavy atom. The fourth-order valence-electron chi connectivity index (χ4n) is 1.61. The number of amides is 1. The summed E-state index contributed by atoms with van der Waals surface area (Å²) in [6.07, 6.45) is 0. The highest BCUT2D eigenvalue weighted by Crippen LogP contribution is 2.26. The Morgan fingerprint density at radius 1 is 1.37 bits per heavy atom. The largest absolute Gasteiger partial charge is 0.495 e. The summed E-state index contributed by atoms with van der Waals surface area (Å²) in [7, 11) is 1.53. The molecule has 1 aromatic carbocycles. The predicted molar refractivity (Wildman–Crippen MR) is 81.2 cm³/mol. The van der Waals surface area contributed by atoms with Gasteiger partial charge in [-0.3, -0.25) is 4.79 Å². The lowest BCUT2D eigenvalue weighted by molar-refractivity contribution is 0.102. The molecule has 4 nitrogen and oxygen atoms in total. The van der Waals surface area contributed by atoms with Crippen molar-refractivity contribution >= 4 is 40.1 Å². The summed E-state index contributed by atoms with van der Waals surface area (Å²) in [4.78, 5) is 12.9. The van der Waals surface area contributed by atoms with Crippen LogP contribution in [0.4, 0.5) is 5.69 Å². The number of carbonyl (C=O) groups is 1. The molecule has 1 amide bonds. The third-order valence-electron chi connectivity index (χ3n) is 2.50. The maximum atomic E-state index is 12.2. The number of thiophene rings is 1. The molecule has 0 aliphatic carbocycles. The van der Waals surface area contributed by atoms with Gasteiger partial charge in [-0.25, -0.2) is 0 Å². The van der Waals surface area contributed by atoms with E-state index in [9.17, 15) is 4.79 Å². The molecule has 1 aromatic heterocycles. The van der Waals surface area contributed by atoms with Crippen LogP contribution in [0.1, 0.15) is 15.2 Å². The quantitative estimate of drug-likeness (QED) is 0.850. The second-order valence-electron chi connectivity index (χ2n) is 3.68. The van der Waals surface area contributed by atoms with Crippen molar-refractivity contribution in [2.75, 3.05) is 12.4 Å². The van der Waals surface area contributed by atoms with Gasteiger partial charge in [0.15, 0.2) is 0 Å². The highest BCUT2D eigenvalue weighted by molar-refractivity contribution is 7.80. The minimum Gasteiger partial charge on any atom is -0.495 e. The highest BCUT2D eigenvalue weighted by atomic mass is 32.1. The van der Waals surface area contributed by atoms with E-state index in [2.05, 4.69) is 5.32 Å². The van der Waals surface area contributed by atoms with Gasteiger partial charge in [0.2, 0.25) is 0 Å². The molecule has 0 atom stereocenters. The third-order valence-corrected chi connectivity index (χ3v) is 3.61. The van der Waals surface area contributed by atoms with E-state index in [1.807, 2.05) is 12.1 Å². The molecule has 0 unspecified atom stereocenters. The maximum Gasteiger partial charge on any atom is 0.269 e. The average Bonchev–Trinajstić information content (AvgIpc) is 2.87. The minimum absolute atomic E-state index is 0.240. The minimum atomic E-state index is -0.240. The van der Waals surface area contributed by atoms with Crippen molar-refractivity contribution in [3.63, 3.8) is 0 Å². The Kier molecular flexibility index (Phi) is 4.13. The Morgan fingerprint density at radius 3 is 2.79 bits per heavy atom. The highest BCUT2D eigenvalue weighted by Gasteiger charge is 2.15. The molecule has 0 radical (unpaired) electrons. The number of benzene rings is 1. The van der Waals surface area contributed by atoms with Crippen molar-refractivity contribution in [1.29, 1.82) is 0 Å². The van der Waals surface area contributed by atoms with Gasteiger partial charge >= 0.3 is 0 Å². The van der Waals surface area contributed by atoms with E-state index >= 15 is 0 Å². The standard InChI is InChI=1S/C13H12N2O2S2/c1-17-10-6-7-19-11(10)13(16)15-9-5-3-2-4-8(9)12(14)18/h2-7H,1H3,(H2,14,18)(H,15,16). The van der Waals surface area contributed by atoms with Crippen LogP contribution in [0.15, 0.2) is 35.7 Å². The van der Waals surface area contributed by atoms with E-state index in [4.69, 9.17) is 22.7 Å². The number of rotatable bonds is 4. The molecule has 2 rings (SSSR count). The number of nitrogens with one attached hydrogen (secondary N) is 1. The monoisotopic (exact) mass is 292 g/mol. The fraction of sp³-hybridized carbons (Fsp3) is 0.0769. The molecule has 1 heterocycles. The number of hydrogen-bond acceptors (Lipinski definition) is 4. The van der Waals surface area contributed by atoms with Crippen molar-refractivity contribution in [3.05, 3.63) is 46.2 Å². The van der Waals surface area contributed by atoms with Gasteiger partial charge in [0.05, 0.1) is 12.8 Å². The summed E-state index contributed by atoms with van der Waals surface area (Å²) in [6, 6.07) is 8.90. The van der Waals surface area contributed by atoms with Crippen molar-refractivity contribution < 1.29 is 9.53 Å². The Balaban J connectivity index is 2.27. The topological polar surface area (TPSA) is 64.3 Å². The first-order valence-corrected chi connectivity index (χ1v) is 6.74. The summed E-state index contributed by atoms with van der Waals surface area (Å²) in [5, 5.41) is 4.59. The lowest BCUT2D eigenvalue weighted by Crippen LogP contribution is -2.17. The molecule has 2 aromatic rings. The normalized spacial score (nSPS) is 9.95. The lowest BCUT2D eigenvalue weighted by atomic mass is 10.1. The first-order chi connectivity index (χ1) is 9.13. The van der Waals surface area contributed by atoms with E-state index in [-0.39, 0.29) is 10.9 Å². The summed E-state index contributed by atoms with van der Waals surface area (Å²) < 4.78 is 5.12. The van der Waals surface area contributed by atoms with Gasteiger partial charge in [-0.1, -0.05) is 24.4 Å². The number of thiocarbonyl (C=S) groups is 1. The fourth-order valence-corrected chi connectivity index (χ4v) is 2.54. The molecule has 0 aliphatic heterocycles. The van der Waals surface area contributed by atoms with Gasteiger partial charge in [-0.2, -0.15) is 0 Å². The van der Waals surface area contributed by atoms with Gasteiger partial charge in [0.25, 0.3) is 5.91 Å². The molecule has 19 heavy (non-hydrogen) atoms. The lowest BCUT2D eigenvalue weighted by Gasteiger charge is -2.09. The van der Waals surface area contributed by atoms with Crippen molar-refractivity contribution in [1.82, 2.24) is 0 Å². The molecule has 0 spiro atoms. The van der Waals surface area contributed by atoms with E-state index < -0.39 is 0 Å². The number of methoxy groups -OCH3 is 1. The maximum absolute atomic E-state index is 12.2.